The molecular formula is C16H13ClN2O3. The van der Waals surface area contributed by atoms with E-state index in [2.05, 4.69) is 0 Å². The molecule has 0 aliphatic carbocycles. The molecule has 22 heavy (non-hydrogen) atoms. The van der Waals surface area contributed by atoms with Crippen molar-refractivity contribution in [3.05, 3.63) is 75.8 Å². The van der Waals surface area contributed by atoms with Gasteiger partial charge in [-0.2, -0.15) is 0 Å². The highest BCUT2D eigenvalue weighted by Crippen LogP contribution is 2.23. The number of hydrogen-bond donors (Lipinski definition) is 2. The second-order valence-electron chi connectivity index (χ2n) is 4.49. The number of fused-ring (bicyclic) bond motifs is 1. The van der Waals surface area contributed by atoms with E-state index in [-0.39, 0.29) is 10.7 Å². The van der Waals surface area contributed by atoms with Gasteiger partial charge in [-0.05, 0) is 29.0 Å². The normalized spacial score (nSPS) is 9.86. The van der Waals surface area contributed by atoms with Crippen LogP contribution in [0.15, 0.2) is 60.7 Å². The van der Waals surface area contributed by atoms with Gasteiger partial charge in [0.25, 0.3) is 5.69 Å². The molecular weight excluding hydrogens is 304 g/mol. The van der Waals surface area contributed by atoms with Crippen molar-refractivity contribution in [1.82, 2.24) is 0 Å². The Balaban J connectivity index is 0.000000160. The van der Waals surface area contributed by atoms with E-state index in [0.29, 0.717) is 11.4 Å². The fourth-order valence-electron chi connectivity index (χ4n) is 1.81. The SMILES string of the molecule is Nc1ccc([N+](=O)[O-])cc1Cl.Oc1ccc2ccccc2c1. The molecule has 0 amide bonds. The number of non-ortho nitro benzene ring substituents is 1. The van der Waals surface area contributed by atoms with Crippen LogP contribution < -0.4 is 5.73 Å². The van der Waals surface area contributed by atoms with Gasteiger partial charge in [-0.15, -0.1) is 0 Å². The van der Waals surface area contributed by atoms with Crippen LogP contribution in [0.5, 0.6) is 5.75 Å². The number of benzene rings is 3. The largest absolute Gasteiger partial charge is 0.508 e. The van der Waals surface area contributed by atoms with Crippen LogP contribution in [0, 0.1) is 10.1 Å². The Labute approximate surface area is 131 Å². The van der Waals surface area contributed by atoms with Crippen molar-refractivity contribution >= 4 is 33.7 Å². The molecule has 5 nitrogen and oxygen atoms in total. The van der Waals surface area contributed by atoms with Crippen molar-refractivity contribution in [2.24, 2.45) is 0 Å². The lowest BCUT2D eigenvalue weighted by Gasteiger charge is -1.96. The summed E-state index contributed by atoms with van der Waals surface area (Å²) in [4.78, 5) is 9.65. The second-order valence-corrected chi connectivity index (χ2v) is 4.90. The highest BCUT2D eigenvalue weighted by Gasteiger charge is 2.06. The predicted molar refractivity (Wildman–Crippen MR) is 88.1 cm³/mol. The molecule has 0 saturated heterocycles. The minimum Gasteiger partial charge on any atom is -0.508 e. The average Bonchev–Trinajstić information content (AvgIpc) is 2.50. The minimum atomic E-state index is -0.522. The Morgan fingerprint density at radius 2 is 1.68 bits per heavy atom. The Morgan fingerprint density at radius 3 is 2.32 bits per heavy atom. The lowest BCUT2D eigenvalue weighted by Crippen LogP contribution is -1.90. The third-order valence-corrected chi connectivity index (χ3v) is 3.26. The average molecular weight is 317 g/mol. The number of hydrogen-bond acceptors (Lipinski definition) is 4. The topological polar surface area (TPSA) is 89.4 Å². The number of nitro groups is 1. The quantitative estimate of drug-likeness (QED) is 0.396. The summed E-state index contributed by atoms with van der Waals surface area (Å²) in [7, 11) is 0. The molecule has 0 spiro atoms. The number of nitro benzene ring substituents is 1. The summed E-state index contributed by atoms with van der Waals surface area (Å²) in [5, 5.41) is 21.7. The number of phenolic OH excluding ortho intramolecular Hbond substituents is 1. The molecule has 0 atom stereocenters. The van der Waals surface area contributed by atoms with Crippen molar-refractivity contribution in [2.75, 3.05) is 5.73 Å². The summed E-state index contributed by atoms with van der Waals surface area (Å²) >= 11 is 5.53. The Bertz CT molecular complexity index is 821. The number of rotatable bonds is 1. The lowest BCUT2D eigenvalue weighted by molar-refractivity contribution is -0.384. The van der Waals surface area contributed by atoms with Crippen LogP contribution in [-0.2, 0) is 0 Å². The summed E-state index contributed by atoms with van der Waals surface area (Å²) in [6.45, 7) is 0. The van der Waals surface area contributed by atoms with Crippen LogP contribution in [0.1, 0.15) is 0 Å². The van der Waals surface area contributed by atoms with Gasteiger partial charge in [0, 0.05) is 12.1 Å². The smallest absolute Gasteiger partial charge is 0.271 e. The van der Waals surface area contributed by atoms with E-state index in [0.717, 1.165) is 10.8 Å². The van der Waals surface area contributed by atoms with Gasteiger partial charge in [-0.3, -0.25) is 10.1 Å². The molecule has 0 aliphatic heterocycles. The standard InChI is InChI=1S/C10H8O.C6H5ClN2O2/c11-10-6-5-8-3-1-2-4-9(8)7-10;7-5-3-4(9(10)11)1-2-6(5)8/h1-7,11H;1-3H,8H2. The van der Waals surface area contributed by atoms with Crippen LogP contribution in [0.25, 0.3) is 10.8 Å². The summed E-state index contributed by atoms with van der Waals surface area (Å²) in [6.07, 6.45) is 0. The van der Waals surface area contributed by atoms with Crippen molar-refractivity contribution in [1.29, 1.82) is 0 Å². The van der Waals surface area contributed by atoms with Gasteiger partial charge in [0.1, 0.15) is 5.75 Å². The molecule has 112 valence electrons. The monoisotopic (exact) mass is 316 g/mol. The number of nitrogen functional groups attached to an aromatic ring is 1. The van der Waals surface area contributed by atoms with Crippen LogP contribution >= 0.6 is 11.6 Å². The summed E-state index contributed by atoms with van der Waals surface area (Å²) in [6, 6.07) is 17.2. The van der Waals surface area contributed by atoms with Gasteiger partial charge in [0.2, 0.25) is 0 Å². The second kappa shape index (κ2) is 6.78. The van der Waals surface area contributed by atoms with E-state index >= 15 is 0 Å². The molecule has 0 heterocycles. The first-order valence-electron chi connectivity index (χ1n) is 6.34. The molecule has 3 aromatic rings. The number of nitrogens with two attached hydrogens (primary N) is 1. The number of halogens is 1. The summed E-state index contributed by atoms with van der Waals surface area (Å²) < 4.78 is 0. The van der Waals surface area contributed by atoms with Gasteiger partial charge in [0.15, 0.2) is 0 Å². The first kappa shape index (κ1) is 15.6. The van der Waals surface area contributed by atoms with E-state index in [1.54, 1.807) is 12.1 Å². The molecule has 0 unspecified atom stereocenters. The van der Waals surface area contributed by atoms with Crippen molar-refractivity contribution in [3.63, 3.8) is 0 Å². The van der Waals surface area contributed by atoms with E-state index < -0.39 is 4.92 Å². The number of anilines is 1. The molecule has 0 saturated carbocycles. The lowest BCUT2D eigenvalue weighted by atomic mass is 10.1. The summed E-state index contributed by atoms with van der Waals surface area (Å²) in [5.74, 6) is 0.323. The van der Waals surface area contributed by atoms with Crippen molar-refractivity contribution in [3.8, 4) is 5.75 Å². The van der Waals surface area contributed by atoms with Gasteiger partial charge >= 0.3 is 0 Å². The molecule has 0 radical (unpaired) electrons. The Kier molecular flexibility index (Phi) is 4.80. The molecule has 3 rings (SSSR count). The van der Waals surface area contributed by atoms with E-state index in [1.165, 1.54) is 18.2 Å². The molecule has 0 aromatic heterocycles. The van der Waals surface area contributed by atoms with Gasteiger partial charge in [-0.1, -0.05) is 41.9 Å². The number of aromatic hydroxyl groups is 1. The fourth-order valence-corrected chi connectivity index (χ4v) is 1.98. The minimum absolute atomic E-state index is 0.0517. The van der Waals surface area contributed by atoms with Crippen LogP contribution in [0.2, 0.25) is 5.02 Å². The number of phenols is 1. The van der Waals surface area contributed by atoms with Crippen LogP contribution in [0.4, 0.5) is 11.4 Å². The van der Waals surface area contributed by atoms with E-state index in [1.807, 2.05) is 30.3 Å². The highest BCUT2D eigenvalue weighted by atomic mass is 35.5. The molecule has 3 N–H and O–H groups in total. The molecule has 6 heteroatoms. The molecule has 0 bridgehead atoms. The van der Waals surface area contributed by atoms with Crippen molar-refractivity contribution in [2.45, 2.75) is 0 Å². The Hall–Kier alpha value is -2.79. The van der Waals surface area contributed by atoms with Crippen LogP contribution in [0.3, 0.4) is 0 Å². The zero-order chi connectivity index (χ0) is 16.1. The number of nitrogens with zero attached hydrogens (tertiary/aromatic N) is 1. The van der Waals surface area contributed by atoms with Crippen LogP contribution in [-0.4, -0.2) is 10.0 Å². The van der Waals surface area contributed by atoms with Gasteiger partial charge < -0.3 is 10.8 Å². The van der Waals surface area contributed by atoms with E-state index in [4.69, 9.17) is 22.4 Å². The summed E-state index contributed by atoms with van der Waals surface area (Å²) in [5.41, 5.74) is 5.63. The molecule has 0 fully saturated rings. The van der Waals surface area contributed by atoms with Crippen molar-refractivity contribution < 1.29 is 10.0 Å². The third kappa shape index (κ3) is 3.86. The maximum atomic E-state index is 10.2. The Morgan fingerprint density at radius 1 is 1.00 bits per heavy atom. The van der Waals surface area contributed by atoms with Gasteiger partial charge in [-0.25, -0.2) is 0 Å². The molecule has 3 aromatic carbocycles. The third-order valence-electron chi connectivity index (χ3n) is 2.93. The molecule has 0 aliphatic rings. The highest BCUT2D eigenvalue weighted by molar-refractivity contribution is 6.33. The first-order chi connectivity index (χ1) is 10.5. The maximum Gasteiger partial charge on any atom is 0.271 e. The fraction of sp³-hybridized carbons (Fsp3) is 0. The zero-order valence-corrected chi connectivity index (χ0v) is 12.2. The predicted octanol–water partition coefficient (Wildman–Crippen LogP) is 4.38. The first-order valence-corrected chi connectivity index (χ1v) is 6.72. The zero-order valence-electron chi connectivity index (χ0n) is 11.4. The van der Waals surface area contributed by atoms with E-state index in [9.17, 15) is 10.1 Å². The van der Waals surface area contributed by atoms with Gasteiger partial charge in [0.05, 0.1) is 15.6 Å². The maximum absolute atomic E-state index is 10.2.